The van der Waals surface area contributed by atoms with E-state index in [1.54, 1.807) is 6.07 Å². The number of halogens is 3. The molecule has 1 atom stereocenters. The van der Waals surface area contributed by atoms with Gasteiger partial charge in [0.15, 0.2) is 11.6 Å². The number of hydrogen-bond donors (Lipinski definition) is 2. The molecule has 0 aliphatic heterocycles. The lowest BCUT2D eigenvalue weighted by Gasteiger charge is -2.25. The number of nitrogens with one attached hydrogen (secondary N) is 1. The van der Waals surface area contributed by atoms with Gasteiger partial charge in [-0.25, -0.2) is 13.2 Å². The van der Waals surface area contributed by atoms with Crippen molar-refractivity contribution in [1.82, 2.24) is 5.32 Å². The summed E-state index contributed by atoms with van der Waals surface area (Å²) in [5.41, 5.74) is -0.881. The number of methoxy groups -OCH3 is 1. The fraction of sp³-hybridized carbons (Fsp3) is 0.294. The summed E-state index contributed by atoms with van der Waals surface area (Å²) in [7, 11) is 1.38. The average molecular weight is 325 g/mol. The number of hydrogen-bond acceptors (Lipinski definition) is 3. The molecule has 3 nitrogen and oxygen atoms in total. The summed E-state index contributed by atoms with van der Waals surface area (Å²) in [5, 5.41) is 13.3. The SMILES string of the molecule is COc1ccc(CNCC(C)(O)c2ccc(F)cc2F)cc1F. The van der Waals surface area contributed by atoms with Crippen LogP contribution >= 0.6 is 0 Å². The van der Waals surface area contributed by atoms with Crippen molar-refractivity contribution in [2.75, 3.05) is 13.7 Å². The zero-order chi connectivity index (χ0) is 17.0. The Hall–Kier alpha value is -2.05. The number of benzene rings is 2. The van der Waals surface area contributed by atoms with Crippen LogP contribution in [0, 0.1) is 17.5 Å². The van der Waals surface area contributed by atoms with E-state index in [4.69, 9.17) is 4.74 Å². The topological polar surface area (TPSA) is 41.5 Å². The Balaban J connectivity index is 2.00. The van der Waals surface area contributed by atoms with Crippen LogP contribution in [-0.2, 0) is 12.1 Å². The molecule has 0 aliphatic rings. The predicted octanol–water partition coefficient (Wildman–Crippen LogP) is 3.11. The summed E-state index contributed by atoms with van der Waals surface area (Å²) in [6.07, 6.45) is 0. The third-order valence-corrected chi connectivity index (χ3v) is 3.53. The van der Waals surface area contributed by atoms with Crippen LogP contribution in [0.1, 0.15) is 18.1 Å². The smallest absolute Gasteiger partial charge is 0.165 e. The highest BCUT2D eigenvalue weighted by Crippen LogP contribution is 2.24. The van der Waals surface area contributed by atoms with Gasteiger partial charge in [0.1, 0.15) is 17.2 Å². The van der Waals surface area contributed by atoms with Crippen molar-refractivity contribution in [2.24, 2.45) is 0 Å². The Morgan fingerprint density at radius 1 is 1.09 bits per heavy atom. The van der Waals surface area contributed by atoms with Crippen molar-refractivity contribution >= 4 is 0 Å². The highest BCUT2D eigenvalue weighted by atomic mass is 19.1. The summed E-state index contributed by atoms with van der Waals surface area (Å²) in [6, 6.07) is 7.53. The molecule has 0 aliphatic carbocycles. The maximum Gasteiger partial charge on any atom is 0.165 e. The van der Waals surface area contributed by atoms with Crippen LogP contribution < -0.4 is 10.1 Å². The molecule has 2 aromatic carbocycles. The van der Waals surface area contributed by atoms with Crippen LogP contribution in [0.15, 0.2) is 36.4 Å². The molecular formula is C17H18F3NO2. The molecule has 0 aromatic heterocycles. The standard InChI is InChI=1S/C17H18F3NO2/c1-17(22,13-5-4-12(18)8-14(13)19)10-21-9-11-3-6-16(23-2)15(20)7-11/h3-8,21-22H,9-10H2,1-2H3. The second-order valence-electron chi connectivity index (χ2n) is 5.47. The molecule has 0 heterocycles. The Labute approximate surface area is 132 Å². The average Bonchev–Trinajstić information content (AvgIpc) is 2.46. The van der Waals surface area contributed by atoms with Gasteiger partial charge in [0.2, 0.25) is 0 Å². The van der Waals surface area contributed by atoms with E-state index in [1.165, 1.54) is 32.2 Å². The molecule has 2 rings (SSSR count). The fourth-order valence-electron chi connectivity index (χ4n) is 2.29. The number of ether oxygens (including phenoxy) is 1. The third-order valence-electron chi connectivity index (χ3n) is 3.53. The number of aliphatic hydroxyl groups is 1. The lowest BCUT2D eigenvalue weighted by molar-refractivity contribution is 0.0528. The molecule has 0 saturated heterocycles. The van der Waals surface area contributed by atoms with Gasteiger partial charge in [-0.1, -0.05) is 12.1 Å². The first-order valence-electron chi connectivity index (χ1n) is 7.04. The molecular weight excluding hydrogens is 307 g/mol. The minimum absolute atomic E-state index is 0.00712. The zero-order valence-corrected chi connectivity index (χ0v) is 12.9. The summed E-state index contributed by atoms with van der Waals surface area (Å²) >= 11 is 0. The Morgan fingerprint density at radius 3 is 2.43 bits per heavy atom. The van der Waals surface area contributed by atoms with Crippen molar-refractivity contribution in [2.45, 2.75) is 19.1 Å². The van der Waals surface area contributed by atoms with Crippen molar-refractivity contribution in [3.05, 3.63) is 65.0 Å². The molecule has 124 valence electrons. The Morgan fingerprint density at radius 2 is 1.83 bits per heavy atom. The third kappa shape index (κ3) is 4.24. The maximum atomic E-state index is 13.7. The van der Waals surface area contributed by atoms with E-state index in [0.29, 0.717) is 5.56 Å². The number of rotatable bonds is 6. The molecule has 23 heavy (non-hydrogen) atoms. The quantitative estimate of drug-likeness (QED) is 0.857. The fourth-order valence-corrected chi connectivity index (χ4v) is 2.29. The van der Waals surface area contributed by atoms with Crippen molar-refractivity contribution in [1.29, 1.82) is 0 Å². The molecule has 0 spiro atoms. The molecule has 6 heteroatoms. The zero-order valence-electron chi connectivity index (χ0n) is 12.9. The van der Waals surface area contributed by atoms with E-state index in [1.807, 2.05) is 0 Å². The van der Waals surface area contributed by atoms with Gasteiger partial charge in [-0.2, -0.15) is 0 Å². The second-order valence-corrected chi connectivity index (χ2v) is 5.47. The van der Waals surface area contributed by atoms with Crippen LogP contribution in [0.25, 0.3) is 0 Å². The van der Waals surface area contributed by atoms with Crippen LogP contribution in [0.3, 0.4) is 0 Å². The van der Waals surface area contributed by atoms with Crippen LogP contribution in [0.5, 0.6) is 5.75 Å². The molecule has 0 fully saturated rings. The van der Waals surface area contributed by atoms with E-state index in [-0.39, 0.29) is 24.4 Å². The summed E-state index contributed by atoms with van der Waals surface area (Å²) in [5.74, 6) is -1.85. The molecule has 0 radical (unpaired) electrons. The first kappa shape index (κ1) is 17.3. The van der Waals surface area contributed by atoms with Gasteiger partial charge >= 0.3 is 0 Å². The van der Waals surface area contributed by atoms with E-state index < -0.39 is 23.1 Å². The van der Waals surface area contributed by atoms with E-state index in [0.717, 1.165) is 12.1 Å². The minimum Gasteiger partial charge on any atom is -0.494 e. The van der Waals surface area contributed by atoms with Gasteiger partial charge in [0.05, 0.1) is 7.11 Å². The molecule has 2 aromatic rings. The molecule has 0 bridgehead atoms. The Bertz CT molecular complexity index is 690. The van der Waals surface area contributed by atoms with Gasteiger partial charge < -0.3 is 15.2 Å². The van der Waals surface area contributed by atoms with Crippen LogP contribution in [0.2, 0.25) is 0 Å². The summed E-state index contributed by atoms with van der Waals surface area (Å²) in [6.45, 7) is 1.72. The normalized spacial score (nSPS) is 13.7. The van der Waals surface area contributed by atoms with E-state index in [2.05, 4.69) is 5.32 Å². The Kier molecular flexibility index (Phi) is 5.28. The monoisotopic (exact) mass is 325 g/mol. The van der Waals surface area contributed by atoms with E-state index >= 15 is 0 Å². The first-order valence-corrected chi connectivity index (χ1v) is 7.04. The predicted molar refractivity (Wildman–Crippen MR) is 80.6 cm³/mol. The molecule has 0 amide bonds. The lowest BCUT2D eigenvalue weighted by atomic mass is 9.95. The van der Waals surface area contributed by atoms with Crippen LogP contribution in [0.4, 0.5) is 13.2 Å². The van der Waals surface area contributed by atoms with Crippen molar-refractivity contribution in [3.63, 3.8) is 0 Å². The van der Waals surface area contributed by atoms with Crippen LogP contribution in [-0.4, -0.2) is 18.8 Å². The van der Waals surface area contributed by atoms with Gasteiger partial charge in [-0.05, 0) is 30.7 Å². The summed E-state index contributed by atoms with van der Waals surface area (Å²) < 4.78 is 45.1. The molecule has 1 unspecified atom stereocenters. The van der Waals surface area contributed by atoms with Gasteiger partial charge in [0, 0.05) is 24.7 Å². The minimum atomic E-state index is -1.53. The maximum absolute atomic E-state index is 13.7. The lowest BCUT2D eigenvalue weighted by Crippen LogP contribution is -2.36. The van der Waals surface area contributed by atoms with Crippen molar-refractivity contribution < 1.29 is 23.0 Å². The van der Waals surface area contributed by atoms with Gasteiger partial charge in [-0.15, -0.1) is 0 Å². The molecule has 2 N–H and O–H groups in total. The van der Waals surface area contributed by atoms with Gasteiger partial charge in [0.25, 0.3) is 0 Å². The largest absolute Gasteiger partial charge is 0.494 e. The van der Waals surface area contributed by atoms with E-state index in [9.17, 15) is 18.3 Å². The molecule has 0 saturated carbocycles. The summed E-state index contributed by atoms with van der Waals surface area (Å²) in [4.78, 5) is 0. The highest BCUT2D eigenvalue weighted by molar-refractivity contribution is 5.29. The van der Waals surface area contributed by atoms with Gasteiger partial charge in [-0.3, -0.25) is 0 Å². The second kappa shape index (κ2) is 7.02. The van der Waals surface area contributed by atoms with Crippen molar-refractivity contribution in [3.8, 4) is 5.75 Å². The highest BCUT2D eigenvalue weighted by Gasteiger charge is 2.26. The first-order chi connectivity index (χ1) is 10.8.